The van der Waals surface area contributed by atoms with Gasteiger partial charge in [-0.05, 0) is 61.8 Å². The molecule has 0 aromatic heterocycles. The molecular weight excluding hydrogens is 228 g/mol. The van der Waals surface area contributed by atoms with Gasteiger partial charge in [-0.3, -0.25) is 4.79 Å². The molecule has 18 heavy (non-hydrogen) atoms. The Balaban J connectivity index is 1.65. The highest BCUT2D eigenvalue weighted by molar-refractivity contribution is 5.96. The fourth-order valence-electron chi connectivity index (χ4n) is 2.96. The molecule has 1 aromatic carbocycles. The number of hydrogen-bond donors (Lipinski definition) is 2. The van der Waals surface area contributed by atoms with Crippen molar-refractivity contribution in [3.63, 3.8) is 0 Å². The zero-order chi connectivity index (χ0) is 12.5. The second kappa shape index (κ2) is 4.44. The highest BCUT2D eigenvalue weighted by Gasteiger charge is 2.36. The Morgan fingerprint density at radius 3 is 2.67 bits per heavy atom. The van der Waals surface area contributed by atoms with Gasteiger partial charge in [-0.2, -0.15) is 5.10 Å². The summed E-state index contributed by atoms with van der Waals surface area (Å²) in [6.07, 6.45) is 4.82. The van der Waals surface area contributed by atoms with Gasteiger partial charge in [-0.25, -0.2) is 5.43 Å². The van der Waals surface area contributed by atoms with Crippen LogP contribution in [0.25, 0.3) is 0 Å². The Morgan fingerprint density at radius 1 is 1.28 bits per heavy atom. The van der Waals surface area contributed by atoms with Gasteiger partial charge in [0.1, 0.15) is 5.75 Å². The van der Waals surface area contributed by atoms with Crippen LogP contribution in [0.1, 0.15) is 36.0 Å². The Bertz CT molecular complexity index is 493. The number of amides is 1. The summed E-state index contributed by atoms with van der Waals surface area (Å²) in [4.78, 5) is 11.8. The number of rotatable bonds is 2. The zero-order valence-corrected chi connectivity index (χ0v) is 10.1. The molecule has 0 spiro atoms. The van der Waals surface area contributed by atoms with Crippen molar-refractivity contribution in [2.45, 2.75) is 25.7 Å². The number of benzene rings is 1. The quantitative estimate of drug-likeness (QED) is 0.784. The lowest BCUT2D eigenvalue weighted by atomic mass is 9.99. The first kappa shape index (κ1) is 11.3. The lowest BCUT2D eigenvalue weighted by molar-refractivity contribution is 0.0954. The van der Waals surface area contributed by atoms with Crippen LogP contribution in [0.5, 0.6) is 5.75 Å². The molecule has 2 fully saturated rings. The topological polar surface area (TPSA) is 61.7 Å². The lowest BCUT2D eigenvalue weighted by Gasteiger charge is -2.11. The van der Waals surface area contributed by atoms with E-state index in [9.17, 15) is 4.79 Å². The fraction of sp³-hybridized carbons (Fsp3) is 0.429. The van der Waals surface area contributed by atoms with Crippen molar-refractivity contribution in [1.29, 1.82) is 0 Å². The average molecular weight is 244 g/mol. The summed E-state index contributed by atoms with van der Waals surface area (Å²) in [6.45, 7) is 0. The van der Waals surface area contributed by atoms with Crippen LogP contribution in [0, 0.1) is 11.8 Å². The number of aromatic hydroxyl groups is 1. The summed E-state index contributed by atoms with van der Waals surface area (Å²) < 4.78 is 0. The number of hydrogen-bond acceptors (Lipinski definition) is 3. The minimum Gasteiger partial charge on any atom is -0.508 e. The molecule has 2 aliphatic rings. The predicted octanol–water partition coefficient (Wildman–Crippen LogP) is 2.30. The van der Waals surface area contributed by atoms with Gasteiger partial charge in [-0.1, -0.05) is 0 Å². The number of phenols is 1. The highest BCUT2D eigenvalue weighted by atomic mass is 16.3. The van der Waals surface area contributed by atoms with E-state index < -0.39 is 0 Å². The number of carbonyl (C=O) groups is 1. The monoisotopic (exact) mass is 244 g/mol. The average Bonchev–Trinajstić information content (AvgIpc) is 2.99. The molecule has 0 saturated heterocycles. The Kier molecular flexibility index (Phi) is 2.78. The van der Waals surface area contributed by atoms with Gasteiger partial charge in [0, 0.05) is 11.3 Å². The molecule has 2 saturated carbocycles. The van der Waals surface area contributed by atoms with E-state index in [0.717, 1.165) is 18.1 Å². The molecule has 0 aliphatic heterocycles. The molecular formula is C14H16N2O2. The molecule has 94 valence electrons. The number of phenolic OH excluding ortho intramolecular Hbond substituents is 1. The van der Waals surface area contributed by atoms with E-state index in [4.69, 9.17) is 5.11 Å². The molecule has 2 N–H and O–H groups in total. The maximum Gasteiger partial charge on any atom is 0.271 e. The maximum absolute atomic E-state index is 11.8. The van der Waals surface area contributed by atoms with Crippen LogP contribution in [-0.4, -0.2) is 16.7 Å². The van der Waals surface area contributed by atoms with Crippen molar-refractivity contribution in [3.8, 4) is 5.75 Å². The van der Waals surface area contributed by atoms with E-state index in [0.29, 0.717) is 11.5 Å². The van der Waals surface area contributed by atoms with E-state index in [-0.39, 0.29) is 11.7 Å². The number of hydrazone groups is 1. The summed E-state index contributed by atoms with van der Waals surface area (Å²) in [6, 6.07) is 6.18. The third kappa shape index (κ3) is 2.10. The first-order valence-corrected chi connectivity index (χ1v) is 6.38. The number of fused-ring (bicyclic) bond motifs is 2. The number of carbonyl (C=O) groups excluding carboxylic acids is 1. The molecule has 2 aliphatic carbocycles. The zero-order valence-electron chi connectivity index (χ0n) is 10.1. The molecule has 3 rings (SSSR count). The second-order valence-corrected chi connectivity index (χ2v) is 5.17. The summed E-state index contributed by atoms with van der Waals surface area (Å²) in [5, 5.41) is 13.4. The third-order valence-electron chi connectivity index (χ3n) is 3.94. The van der Waals surface area contributed by atoms with Crippen LogP contribution in [0.2, 0.25) is 0 Å². The standard InChI is InChI=1S/C14H16N2O2/c17-12-5-3-10(4-6-12)14(18)16-15-13-8-9-1-2-11(13)7-9/h3-6,9,11,17H,1-2,7-8H2,(H,16,18)/b15-13-/t9-,11+/m1/s1. The Hall–Kier alpha value is -1.84. The first-order valence-electron chi connectivity index (χ1n) is 6.38. The third-order valence-corrected chi connectivity index (χ3v) is 3.94. The van der Waals surface area contributed by atoms with Crippen LogP contribution in [0.15, 0.2) is 29.4 Å². The van der Waals surface area contributed by atoms with Gasteiger partial charge in [-0.15, -0.1) is 0 Å². The van der Waals surface area contributed by atoms with Crippen LogP contribution in [0.3, 0.4) is 0 Å². The molecule has 4 nitrogen and oxygen atoms in total. The van der Waals surface area contributed by atoms with E-state index >= 15 is 0 Å². The Morgan fingerprint density at radius 2 is 2.06 bits per heavy atom. The van der Waals surface area contributed by atoms with Crippen molar-refractivity contribution in [1.82, 2.24) is 5.43 Å². The lowest BCUT2D eigenvalue weighted by Crippen LogP contribution is -2.21. The van der Waals surface area contributed by atoms with Crippen molar-refractivity contribution in [3.05, 3.63) is 29.8 Å². The van der Waals surface area contributed by atoms with Crippen molar-refractivity contribution in [2.75, 3.05) is 0 Å². The maximum atomic E-state index is 11.8. The molecule has 0 unspecified atom stereocenters. The Labute approximate surface area is 106 Å². The van der Waals surface area contributed by atoms with Gasteiger partial charge < -0.3 is 5.11 Å². The molecule has 4 heteroatoms. The summed E-state index contributed by atoms with van der Waals surface area (Å²) >= 11 is 0. The van der Waals surface area contributed by atoms with Crippen LogP contribution in [0.4, 0.5) is 0 Å². The molecule has 1 amide bonds. The van der Waals surface area contributed by atoms with Gasteiger partial charge >= 0.3 is 0 Å². The summed E-state index contributed by atoms with van der Waals surface area (Å²) in [5.41, 5.74) is 4.28. The van der Waals surface area contributed by atoms with Gasteiger partial charge in [0.05, 0.1) is 0 Å². The van der Waals surface area contributed by atoms with Gasteiger partial charge in [0.15, 0.2) is 0 Å². The molecule has 2 bridgehead atoms. The minimum absolute atomic E-state index is 0.158. The van der Waals surface area contributed by atoms with E-state index in [2.05, 4.69) is 10.5 Å². The van der Waals surface area contributed by atoms with Crippen LogP contribution < -0.4 is 5.43 Å². The highest BCUT2D eigenvalue weighted by Crippen LogP contribution is 2.42. The molecule has 0 heterocycles. The minimum atomic E-state index is -0.217. The predicted molar refractivity (Wildman–Crippen MR) is 68.5 cm³/mol. The normalized spacial score (nSPS) is 27.7. The number of nitrogens with one attached hydrogen (secondary N) is 1. The SMILES string of the molecule is O=C(N/N=C1/C[C@@H]2CC[C@H]1C2)c1ccc(O)cc1. The second-order valence-electron chi connectivity index (χ2n) is 5.17. The molecule has 2 atom stereocenters. The van der Waals surface area contributed by atoms with Crippen molar-refractivity contribution in [2.24, 2.45) is 16.9 Å². The van der Waals surface area contributed by atoms with Gasteiger partial charge in [0.2, 0.25) is 0 Å². The summed E-state index contributed by atoms with van der Waals surface area (Å²) in [5.74, 6) is 1.32. The van der Waals surface area contributed by atoms with Crippen LogP contribution >= 0.6 is 0 Å². The van der Waals surface area contributed by atoms with E-state index in [1.807, 2.05) is 0 Å². The number of nitrogens with zero attached hydrogens (tertiary/aromatic N) is 1. The van der Waals surface area contributed by atoms with Gasteiger partial charge in [0.25, 0.3) is 5.91 Å². The molecule has 0 radical (unpaired) electrons. The summed E-state index contributed by atoms with van der Waals surface area (Å²) in [7, 11) is 0. The van der Waals surface area contributed by atoms with Crippen molar-refractivity contribution < 1.29 is 9.90 Å². The first-order chi connectivity index (χ1) is 8.72. The van der Waals surface area contributed by atoms with E-state index in [1.165, 1.54) is 31.4 Å². The molecule has 1 aromatic rings. The fourth-order valence-corrected chi connectivity index (χ4v) is 2.96. The largest absolute Gasteiger partial charge is 0.508 e. The van der Waals surface area contributed by atoms with E-state index in [1.54, 1.807) is 12.1 Å². The smallest absolute Gasteiger partial charge is 0.271 e. The van der Waals surface area contributed by atoms with Crippen LogP contribution in [-0.2, 0) is 0 Å². The van der Waals surface area contributed by atoms with Crippen molar-refractivity contribution >= 4 is 11.6 Å².